The molecule has 8 N–H and O–H groups in total. The maximum atomic E-state index is 12.6. The molecule has 0 fully saturated rings. The van der Waals surface area contributed by atoms with Crippen LogP contribution < -0.4 is 21.7 Å². The van der Waals surface area contributed by atoms with Gasteiger partial charge in [0.2, 0.25) is 17.7 Å². The Morgan fingerprint density at radius 2 is 1.40 bits per heavy atom. The molecule has 0 saturated carbocycles. The number of nitrogens with two attached hydrogens (primary N) is 1. The van der Waals surface area contributed by atoms with E-state index in [4.69, 9.17) is 21.1 Å². The molecule has 0 aliphatic carbocycles. The van der Waals surface area contributed by atoms with Crippen LogP contribution in [0.3, 0.4) is 0 Å². The molecule has 0 heterocycles. The molecule has 13 nitrogen and oxygen atoms in total. The zero-order chi connectivity index (χ0) is 23.3. The molecule has 0 spiro atoms. The zero-order valence-corrected chi connectivity index (χ0v) is 17.1. The van der Waals surface area contributed by atoms with Gasteiger partial charge in [-0.05, 0) is 24.9 Å². The summed E-state index contributed by atoms with van der Waals surface area (Å²) in [6.45, 7) is -0.727. The van der Waals surface area contributed by atoms with Gasteiger partial charge in [-0.25, -0.2) is 0 Å². The van der Waals surface area contributed by atoms with Crippen LogP contribution in [0.5, 0.6) is 0 Å². The summed E-state index contributed by atoms with van der Waals surface area (Å²) < 4.78 is 0. The molecular weight excluding hydrogens is 424 g/mol. The third kappa shape index (κ3) is 11.9. The molecular formula is C16H26N4O9S. The summed E-state index contributed by atoms with van der Waals surface area (Å²) in [7, 11) is 0. The summed E-state index contributed by atoms with van der Waals surface area (Å²) >= 11 is 1.37. The summed E-state index contributed by atoms with van der Waals surface area (Å²) in [6.07, 6.45) is 0.440. The fourth-order valence-corrected chi connectivity index (χ4v) is 2.63. The molecule has 0 aliphatic heterocycles. The topological polar surface area (TPSA) is 225 Å². The quantitative estimate of drug-likeness (QED) is 0.139. The molecule has 30 heavy (non-hydrogen) atoms. The number of hydrogen-bond donors (Lipinski definition) is 7. The van der Waals surface area contributed by atoms with Crippen LogP contribution in [-0.2, 0) is 28.8 Å². The lowest BCUT2D eigenvalue weighted by Gasteiger charge is -2.23. The highest BCUT2D eigenvalue weighted by Crippen LogP contribution is 2.05. The Balaban J connectivity index is 5.25. The number of hydrogen-bond acceptors (Lipinski definition) is 8. The normalized spacial score (nSPS) is 13.4. The first kappa shape index (κ1) is 27.1. The number of carboxylic acid groups (broad SMARTS) is 3. The SMILES string of the molecule is CSCCC(NC(=O)C(N)CC(=O)O)C(=O)NC(CCC(=O)O)C(=O)NCC(=O)O. The summed E-state index contributed by atoms with van der Waals surface area (Å²) in [6, 6.07) is -3.91. The van der Waals surface area contributed by atoms with Gasteiger partial charge in [0.1, 0.15) is 18.6 Å². The second kappa shape index (κ2) is 14.2. The Hall–Kier alpha value is -2.87. The van der Waals surface area contributed by atoms with Crippen molar-refractivity contribution < 1.29 is 44.1 Å². The first-order valence-electron chi connectivity index (χ1n) is 8.76. The lowest BCUT2D eigenvalue weighted by Crippen LogP contribution is -2.56. The molecule has 170 valence electrons. The minimum atomic E-state index is -1.39. The average Bonchev–Trinajstić information content (AvgIpc) is 2.65. The molecule has 0 radical (unpaired) electrons. The van der Waals surface area contributed by atoms with Gasteiger partial charge in [0, 0.05) is 6.42 Å². The number of carboxylic acids is 3. The third-order valence-corrected chi connectivity index (χ3v) is 4.31. The van der Waals surface area contributed by atoms with Crippen LogP contribution in [0.1, 0.15) is 25.7 Å². The number of rotatable bonds is 15. The highest BCUT2D eigenvalue weighted by atomic mass is 32.2. The highest BCUT2D eigenvalue weighted by Gasteiger charge is 2.29. The molecule has 3 atom stereocenters. The predicted octanol–water partition coefficient (Wildman–Crippen LogP) is -2.42. The van der Waals surface area contributed by atoms with E-state index in [9.17, 15) is 28.8 Å². The Bertz CT molecular complexity index is 659. The maximum Gasteiger partial charge on any atom is 0.322 e. The molecule has 14 heteroatoms. The van der Waals surface area contributed by atoms with Crippen LogP contribution in [0.2, 0.25) is 0 Å². The van der Waals surface area contributed by atoms with E-state index >= 15 is 0 Å². The molecule has 0 rings (SSSR count). The van der Waals surface area contributed by atoms with E-state index in [2.05, 4.69) is 16.0 Å². The van der Waals surface area contributed by atoms with Crippen molar-refractivity contribution in [3.63, 3.8) is 0 Å². The van der Waals surface area contributed by atoms with Gasteiger partial charge in [-0.15, -0.1) is 0 Å². The van der Waals surface area contributed by atoms with Crippen LogP contribution in [0, 0.1) is 0 Å². The highest BCUT2D eigenvalue weighted by molar-refractivity contribution is 7.98. The van der Waals surface area contributed by atoms with Gasteiger partial charge in [0.15, 0.2) is 0 Å². The first-order valence-corrected chi connectivity index (χ1v) is 10.2. The Labute approximate surface area is 176 Å². The number of thioether (sulfide) groups is 1. The lowest BCUT2D eigenvalue weighted by molar-refractivity contribution is -0.140. The van der Waals surface area contributed by atoms with Gasteiger partial charge in [0.05, 0.1) is 12.5 Å². The fourth-order valence-electron chi connectivity index (χ4n) is 2.16. The minimum Gasteiger partial charge on any atom is -0.481 e. The van der Waals surface area contributed by atoms with Crippen molar-refractivity contribution in [3.8, 4) is 0 Å². The fraction of sp³-hybridized carbons (Fsp3) is 0.625. The summed E-state index contributed by atoms with van der Waals surface area (Å²) in [5, 5.41) is 32.8. The summed E-state index contributed by atoms with van der Waals surface area (Å²) in [5.74, 6) is -6.03. The summed E-state index contributed by atoms with van der Waals surface area (Å²) in [4.78, 5) is 68.9. The molecule has 0 saturated heterocycles. The van der Waals surface area contributed by atoms with E-state index in [1.807, 2.05) is 0 Å². The number of amides is 3. The average molecular weight is 450 g/mol. The van der Waals surface area contributed by atoms with E-state index in [-0.39, 0.29) is 12.8 Å². The molecule has 0 aliphatic rings. The van der Waals surface area contributed by atoms with Crippen molar-refractivity contribution >= 4 is 47.4 Å². The van der Waals surface area contributed by atoms with Gasteiger partial charge in [-0.1, -0.05) is 0 Å². The van der Waals surface area contributed by atoms with Crippen LogP contribution in [0.25, 0.3) is 0 Å². The zero-order valence-electron chi connectivity index (χ0n) is 16.3. The van der Waals surface area contributed by atoms with Crippen LogP contribution in [-0.4, -0.2) is 87.6 Å². The van der Waals surface area contributed by atoms with Crippen molar-refractivity contribution in [2.45, 2.75) is 43.8 Å². The van der Waals surface area contributed by atoms with E-state index in [0.29, 0.717) is 5.75 Å². The molecule has 0 aromatic carbocycles. The smallest absolute Gasteiger partial charge is 0.322 e. The van der Waals surface area contributed by atoms with Gasteiger partial charge in [-0.2, -0.15) is 11.8 Å². The lowest BCUT2D eigenvalue weighted by atomic mass is 10.1. The van der Waals surface area contributed by atoms with Crippen molar-refractivity contribution in [2.75, 3.05) is 18.6 Å². The number of nitrogens with one attached hydrogen (secondary N) is 3. The standard InChI is InChI=1S/C16H26N4O9S/c1-30-5-4-10(19-14(27)8(17)6-12(23)24)16(29)20-9(2-3-11(21)22)15(28)18-7-13(25)26/h8-10H,2-7,17H2,1H3,(H,18,28)(H,19,27)(H,20,29)(H,21,22)(H,23,24)(H,25,26). The van der Waals surface area contributed by atoms with Gasteiger partial charge in [0.25, 0.3) is 0 Å². The summed E-state index contributed by atoms with van der Waals surface area (Å²) in [5.41, 5.74) is 5.48. The maximum absolute atomic E-state index is 12.6. The molecule has 0 bridgehead atoms. The number of aliphatic carboxylic acids is 3. The van der Waals surface area contributed by atoms with Crippen molar-refractivity contribution in [3.05, 3.63) is 0 Å². The van der Waals surface area contributed by atoms with Gasteiger partial charge < -0.3 is 37.0 Å². The Morgan fingerprint density at radius 1 is 0.833 bits per heavy atom. The second-order valence-electron chi connectivity index (χ2n) is 6.15. The minimum absolute atomic E-state index is 0.126. The first-order chi connectivity index (χ1) is 14.0. The largest absolute Gasteiger partial charge is 0.481 e. The van der Waals surface area contributed by atoms with Crippen LogP contribution in [0.15, 0.2) is 0 Å². The predicted molar refractivity (Wildman–Crippen MR) is 105 cm³/mol. The van der Waals surface area contributed by atoms with E-state index in [0.717, 1.165) is 0 Å². The second-order valence-corrected chi connectivity index (χ2v) is 7.14. The monoisotopic (exact) mass is 450 g/mol. The van der Waals surface area contributed by atoms with Gasteiger partial charge in [-0.3, -0.25) is 28.8 Å². The Kier molecular flexibility index (Phi) is 12.8. The number of carbonyl (C=O) groups is 6. The third-order valence-electron chi connectivity index (χ3n) is 3.67. The van der Waals surface area contributed by atoms with Crippen LogP contribution in [0.4, 0.5) is 0 Å². The Morgan fingerprint density at radius 3 is 1.90 bits per heavy atom. The van der Waals surface area contributed by atoms with E-state index in [1.54, 1.807) is 6.26 Å². The number of carbonyl (C=O) groups excluding carboxylic acids is 3. The van der Waals surface area contributed by atoms with Crippen molar-refractivity contribution in [2.24, 2.45) is 5.73 Å². The van der Waals surface area contributed by atoms with Crippen molar-refractivity contribution in [1.82, 2.24) is 16.0 Å². The van der Waals surface area contributed by atoms with Gasteiger partial charge >= 0.3 is 17.9 Å². The molecule has 0 aromatic heterocycles. The molecule has 3 unspecified atom stereocenters. The van der Waals surface area contributed by atoms with E-state index in [1.165, 1.54) is 11.8 Å². The molecule has 0 aromatic rings. The van der Waals surface area contributed by atoms with Crippen molar-refractivity contribution in [1.29, 1.82) is 0 Å². The van der Waals surface area contributed by atoms with E-state index < -0.39 is 73.1 Å². The molecule has 3 amide bonds. The van der Waals surface area contributed by atoms with Crippen LogP contribution >= 0.6 is 11.8 Å².